The Hall–Kier alpha value is -2.38. The van der Waals surface area contributed by atoms with Gasteiger partial charge in [-0.25, -0.2) is 8.42 Å². The molecule has 0 saturated heterocycles. The van der Waals surface area contributed by atoms with Crippen molar-refractivity contribution < 1.29 is 13.2 Å². The van der Waals surface area contributed by atoms with Crippen molar-refractivity contribution in [2.45, 2.75) is 17.9 Å². The van der Waals surface area contributed by atoms with E-state index in [0.717, 1.165) is 5.56 Å². The summed E-state index contributed by atoms with van der Waals surface area (Å²) >= 11 is 6.03. The minimum Gasteiger partial charge on any atom is -0.352 e. The van der Waals surface area contributed by atoms with E-state index in [1.807, 2.05) is 18.2 Å². The van der Waals surface area contributed by atoms with E-state index in [2.05, 4.69) is 15.0 Å². The van der Waals surface area contributed by atoms with Gasteiger partial charge in [0.05, 0.1) is 11.4 Å². The van der Waals surface area contributed by atoms with Crippen LogP contribution in [0, 0.1) is 0 Å². The van der Waals surface area contributed by atoms with E-state index in [9.17, 15) is 13.2 Å². The molecule has 130 valence electrons. The first-order valence-corrected chi connectivity index (χ1v) is 9.50. The lowest BCUT2D eigenvalue weighted by Crippen LogP contribution is -2.25. The zero-order chi connectivity index (χ0) is 17.9. The number of carbonyl (C=O) groups excluding carboxylic acids is 1. The van der Waals surface area contributed by atoms with Gasteiger partial charge in [-0.1, -0.05) is 41.9 Å². The molecule has 6 nitrogen and oxygen atoms in total. The van der Waals surface area contributed by atoms with Crippen LogP contribution in [0.5, 0.6) is 0 Å². The van der Waals surface area contributed by atoms with Crippen LogP contribution in [0.4, 0.5) is 0 Å². The first-order valence-electron chi connectivity index (χ1n) is 7.64. The Bertz CT molecular complexity index is 942. The van der Waals surface area contributed by atoms with Crippen molar-refractivity contribution in [3.05, 3.63) is 64.7 Å². The molecular formula is C17H16ClN3O3S. The maximum atomic E-state index is 12.0. The summed E-state index contributed by atoms with van der Waals surface area (Å²) in [6.45, 7) is 0.519. The number of hydrogen-bond acceptors (Lipinski definition) is 4. The van der Waals surface area contributed by atoms with Gasteiger partial charge in [0, 0.05) is 23.6 Å². The van der Waals surface area contributed by atoms with Crippen LogP contribution in [-0.2, 0) is 21.4 Å². The highest BCUT2D eigenvalue weighted by atomic mass is 35.5. The van der Waals surface area contributed by atoms with Gasteiger partial charge in [-0.3, -0.25) is 14.5 Å². The fourth-order valence-electron chi connectivity index (χ4n) is 2.44. The molecule has 2 aromatic carbocycles. The fraction of sp³-hybridized carbons (Fsp3) is 0.176. The molecule has 0 bridgehead atoms. The van der Waals surface area contributed by atoms with Gasteiger partial charge >= 0.3 is 0 Å². The Morgan fingerprint density at radius 1 is 1.12 bits per heavy atom. The summed E-state index contributed by atoms with van der Waals surface area (Å²) < 4.78 is 26.3. The highest BCUT2D eigenvalue weighted by Gasteiger charge is 2.29. The molecule has 1 aliphatic rings. The molecule has 0 atom stereocenters. The summed E-state index contributed by atoms with van der Waals surface area (Å²) in [5.41, 5.74) is 1.36. The number of nitrogens with zero attached hydrogens (tertiary/aromatic N) is 1. The summed E-state index contributed by atoms with van der Waals surface area (Å²) in [7, 11) is -3.55. The van der Waals surface area contributed by atoms with Gasteiger partial charge < -0.3 is 5.32 Å². The van der Waals surface area contributed by atoms with Gasteiger partial charge in [0.25, 0.3) is 10.0 Å². The highest BCUT2D eigenvalue weighted by Crippen LogP contribution is 2.22. The summed E-state index contributed by atoms with van der Waals surface area (Å²) in [5, 5.41) is 3.37. The van der Waals surface area contributed by atoms with Crippen molar-refractivity contribution in [3.8, 4) is 0 Å². The van der Waals surface area contributed by atoms with Crippen LogP contribution in [0.3, 0.4) is 0 Å². The summed E-state index contributed by atoms with van der Waals surface area (Å²) in [5.74, 6) is 0.0907. The third-order valence-corrected chi connectivity index (χ3v) is 5.47. The summed E-state index contributed by atoms with van der Waals surface area (Å²) in [6, 6.07) is 13.9. The molecule has 0 aromatic heterocycles. The number of amidine groups is 1. The zero-order valence-electron chi connectivity index (χ0n) is 13.2. The number of carbonyl (C=O) groups is 1. The standard InChI is InChI=1S/C17H16ClN3O3S/c18-14-7-3-1-5-12(14)11-20-16(22)9-10-19-17-13-6-2-4-8-15(13)25(23,24)21-17/h1-8H,9-11H2,(H,19,21)(H,20,22). The van der Waals surface area contributed by atoms with E-state index < -0.39 is 10.0 Å². The molecule has 0 fully saturated rings. The molecule has 0 saturated carbocycles. The van der Waals surface area contributed by atoms with Crippen LogP contribution >= 0.6 is 11.6 Å². The minimum atomic E-state index is -3.55. The number of aliphatic imine (C=N–C) groups is 1. The third-order valence-electron chi connectivity index (χ3n) is 3.71. The van der Waals surface area contributed by atoms with Crippen LogP contribution in [0.25, 0.3) is 0 Å². The van der Waals surface area contributed by atoms with E-state index in [0.29, 0.717) is 17.1 Å². The largest absolute Gasteiger partial charge is 0.352 e. The number of fused-ring (bicyclic) bond motifs is 1. The average Bonchev–Trinajstić information content (AvgIpc) is 2.85. The average molecular weight is 378 g/mol. The SMILES string of the molecule is O=C(CCN=C1NS(=O)(=O)c2ccccc21)NCc1ccccc1Cl. The summed E-state index contributed by atoms with van der Waals surface area (Å²) in [4.78, 5) is 16.3. The predicted octanol–water partition coefficient (Wildman–Crippen LogP) is 2.08. The van der Waals surface area contributed by atoms with Crippen molar-refractivity contribution in [2.24, 2.45) is 4.99 Å². The maximum Gasteiger partial charge on any atom is 0.263 e. The van der Waals surface area contributed by atoms with Crippen molar-refractivity contribution in [2.75, 3.05) is 6.54 Å². The molecule has 1 amide bonds. The lowest BCUT2D eigenvalue weighted by molar-refractivity contribution is -0.121. The topological polar surface area (TPSA) is 87.6 Å². The quantitative estimate of drug-likeness (QED) is 0.836. The van der Waals surface area contributed by atoms with Crippen LogP contribution in [0.2, 0.25) is 5.02 Å². The Morgan fingerprint density at radius 2 is 1.84 bits per heavy atom. The Kier molecular flexibility index (Phi) is 5.06. The molecular weight excluding hydrogens is 362 g/mol. The predicted molar refractivity (Wildman–Crippen MR) is 96.1 cm³/mol. The van der Waals surface area contributed by atoms with Crippen molar-refractivity contribution in [1.29, 1.82) is 0 Å². The summed E-state index contributed by atoms with van der Waals surface area (Å²) in [6.07, 6.45) is 0.151. The van der Waals surface area contributed by atoms with E-state index in [1.165, 1.54) is 6.07 Å². The molecule has 25 heavy (non-hydrogen) atoms. The number of hydrogen-bond donors (Lipinski definition) is 2. The van der Waals surface area contributed by atoms with Gasteiger partial charge in [0.1, 0.15) is 5.84 Å². The van der Waals surface area contributed by atoms with Gasteiger partial charge in [-0.05, 0) is 23.8 Å². The molecule has 1 heterocycles. The number of amides is 1. The number of benzene rings is 2. The third kappa shape index (κ3) is 4.00. The minimum absolute atomic E-state index is 0.151. The first kappa shape index (κ1) is 17.4. The monoisotopic (exact) mass is 377 g/mol. The zero-order valence-corrected chi connectivity index (χ0v) is 14.8. The van der Waals surface area contributed by atoms with Gasteiger partial charge in [-0.15, -0.1) is 0 Å². The van der Waals surface area contributed by atoms with Crippen LogP contribution in [0.15, 0.2) is 58.4 Å². The molecule has 3 rings (SSSR count). The molecule has 0 radical (unpaired) electrons. The van der Waals surface area contributed by atoms with Crippen LogP contribution in [-0.4, -0.2) is 26.7 Å². The van der Waals surface area contributed by atoms with Crippen LogP contribution in [0.1, 0.15) is 17.5 Å². The molecule has 8 heteroatoms. The number of nitrogens with one attached hydrogen (secondary N) is 2. The molecule has 0 aliphatic carbocycles. The first-order chi connectivity index (χ1) is 12.0. The van der Waals surface area contributed by atoms with Crippen molar-refractivity contribution >= 4 is 33.4 Å². The van der Waals surface area contributed by atoms with Gasteiger partial charge in [0.15, 0.2) is 0 Å². The van der Waals surface area contributed by atoms with E-state index >= 15 is 0 Å². The van der Waals surface area contributed by atoms with E-state index in [1.54, 1.807) is 24.3 Å². The van der Waals surface area contributed by atoms with E-state index in [4.69, 9.17) is 11.6 Å². The lowest BCUT2D eigenvalue weighted by atomic mass is 10.2. The molecule has 2 N–H and O–H groups in total. The van der Waals surface area contributed by atoms with Gasteiger partial charge in [0.2, 0.25) is 5.91 Å². The normalized spacial score (nSPS) is 16.3. The molecule has 0 spiro atoms. The molecule has 2 aromatic rings. The maximum absolute atomic E-state index is 12.0. The second-order valence-corrected chi connectivity index (χ2v) is 7.51. The lowest BCUT2D eigenvalue weighted by Gasteiger charge is -2.06. The molecule has 0 unspecified atom stereocenters. The molecule has 1 aliphatic heterocycles. The number of halogens is 1. The highest BCUT2D eigenvalue weighted by molar-refractivity contribution is 7.90. The van der Waals surface area contributed by atoms with Crippen molar-refractivity contribution in [3.63, 3.8) is 0 Å². The Morgan fingerprint density at radius 3 is 2.64 bits per heavy atom. The number of sulfonamides is 1. The number of rotatable bonds is 5. The van der Waals surface area contributed by atoms with Crippen LogP contribution < -0.4 is 10.0 Å². The van der Waals surface area contributed by atoms with Crippen molar-refractivity contribution in [1.82, 2.24) is 10.0 Å². The Labute approximate surface area is 151 Å². The second-order valence-electron chi connectivity index (χ2n) is 5.45. The van der Waals surface area contributed by atoms with E-state index in [-0.39, 0.29) is 29.6 Å². The van der Waals surface area contributed by atoms with Gasteiger partial charge in [-0.2, -0.15) is 0 Å². The Balaban J connectivity index is 1.57. The smallest absolute Gasteiger partial charge is 0.263 e. The fourth-order valence-corrected chi connectivity index (χ4v) is 3.90. The second kappa shape index (κ2) is 7.25.